The number of likely N-dealkylation sites (N-methyl/N-ethyl adjacent to an activating group) is 1. The van der Waals surface area contributed by atoms with Crippen molar-refractivity contribution >= 4 is 16.7 Å². The van der Waals surface area contributed by atoms with Gasteiger partial charge in [0.05, 0.1) is 6.54 Å². The molecule has 0 amide bonds. The number of ketones is 1. The van der Waals surface area contributed by atoms with Crippen molar-refractivity contribution in [3.8, 4) is 0 Å². The number of H-pyrrole nitrogens is 1. The molecule has 0 radical (unpaired) electrons. The molecule has 0 atom stereocenters. The number of carbonyl (C=O) groups is 1. The predicted molar refractivity (Wildman–Crippen MR) is 61.6 cm³/mol. The van der Waals surface area contributed by atoms with E-state index >= 15 is 0 Å². The van der Waals surface area contributed by atoms with E-state index in [0.717, 1.165) is 6.07 Å². The zero-order valence-corrected chi connectivity index (χ0v) is 9.56. The Morgan fingerprint density at radius 2 is 2.11 bits per heavy atom. The highest BCUT2D eigenvalue weighted by Crippen LogP contribution is 2.32. The highest BCUT2D eigenvalue weighted by atomic mass is 19.4. The quantitative estimate of drug-likeness (QED) is 0.829. The average Bonchev–Trinajstić information content (AvgIpc) is 2.72. The number of hydrogen-bond acceptors (Lipinski definition) is 2. The predicted octanol–water partition coefficient (Wildman–Crippen LogP) is 2.59. The minimum absolute atomic E-state index is 0.0889. The van der Waals surface area contributed by atoms with Crippen molar-refractivity contribution in [3.63, 3.8) is 0 Å². The van der Waals surface area contributed by atoms with Crippen molar-refractivity contribution in [1.29, 1.82) is 0 Å². The second kappa shape index (κ2) is 4.45. The van der Waals surface area contributed by atoms with E-state index in [1.54, 1.807) is 13.1 Å². The van der Waals surface area contributed by atoms with Gasteiger partial charge < -0.3 is 10.3 Å². The van der Waals surface area contributed by atoms with E-state index in [0.29, 0.717) is 10.9 Å². The summed E-state index contributed by atoms with van der Waals surface area (Å²) in [7, 11) is 1.61. The van der Waals surface area contributed by atoms with Gasteiger partial charge >= 0.3 is 6.18 Å². The molecule has 3 nitrogen and oxygen atoms in total. The van der Waals surface area contributed by atoms with Crippen LogP contribution in [0.2, 0.25) is 0 Å². The fourth-order valence-electron chi connectivity index (χ4n) is 1.81. The summed E-state index contributed by atoms with van der Waals surface area (Å²) in [6.07, 6.45) is -4.44. The third-order valence-electron chi connectivity index (χ3n) is 2.61. The SMILES string of the molecule is CNCC(=O)c1cccc2[nH]c(C(F)(F)F)cc12. The summed E-state index contributed by atoms with van der Waals surface area (Å²) in [6.45, 7) is 0.0889. The van der Waals surface area contributed by atoms with Gasteiger partial charge in [0.1, 0.15) is 5.69 Å². The van der Waals surface area contributed by atoms with Crippen LogP contribution in [0.4, 0.5) is 13.2 Å². The molecule has 1 aromatic carbocycles. The van der Waals surface area contributed by atoms with E-state index in [1.165, 1.54) is 12.1 Å². The number of Topliss-reactive ketones (excluding diaryl/α,β-unsaturated/α-hetero) is 1. The van der Waals surface area contributed by atoms with Crippen molar-refractivity contribution in [2.45, 2.75) is 6.18 Å². The van der Waals surface area contributed by atoms with Crippen LogP contribution in [0.1, 0.15) is 16.1 Å². The highest BCUT2D eigenvalue weighted by molar-refractivity contribution is 6.08. The van der Waals surface area contributed by atoms with Gasteiger partial charge in [0.15, 0.2) is 5.78 Å². The molecule has 2 aromatic rings. The van der Waals surface area contributed by atoms with Crippen LogP contribution >= 0.6 is 0 Å². The first-order valence-corrected chi connectivity index (χ1v) is 5.30. The largest absolute Gasteiger partial charge is 0.431 e. The molecule has 2 N–H and O–H groups in total. The molecule has 0 aliphatic rings. The summed E-state index contributed by atoms with van der Waals surface area (Å²) in [5.41, 5.74) is -0.250. The smallest absolute Gasteiger partial charge is 0.351 e. The number of fused-ring (bicyclic) bond motifs is 1. The Balaban J connectivity index is 2.56. The molecule has 0 spiro atoms. The highest BCUT2D eigenvalue weighted by Gasteiger charge is 2.33. The molecule has 18 heavy (non-hydrogen) atoms. The van der Waals surface area contributed by atoms with Crippen LogP contribution < -0.4 is 5.32 Å². The Bertz CT molecular complexity index is 587. The van der Waals surface area contributed by atoms with Gasteiger partial charge in [-0.3, -0.25) is 4.79 Å². The topological polar surface area (TPSA) is 44.9 Å². The van der Waals surface area contributed by atoms with Crippen LogP contribution in [-0.2, 0) is 6.18 Å². The first kappa shape index (κ1) is 12.6. The molecule has 0 unspecified atom stereocenters. The summed E-state index contributed by atoms with van der Waals surface area (Å²) in [5, 5.41) is 2.98. The summed E-state index contributed by atoms with van der Waals surface area (Å²) in [5.74, 6) is -0.240. The lowest BCUT2D eigenvalue weighted by Crippen LogP contribution is -2.18. The van der Waals surface area contributed by atoms with Crippen LogP contribution in [0.5, 0.6) is 0 Å². The average molecular weight is 256 g/mol. The van der Waals surface area contributed by atoms with Crippen LogP contribution in [0.3, 0.4) is 0 Å². The van der Waals surface area contributed by atoms with Gasteiger partial charge in [-0.1, -0.05) is 12.1 Å². The van der Waals surface area contributed by atoms with Crippen molar-refractivity contribution in [2.75, 3.05) is 13.6 Å². The number of aromatic amines is 1. The normalized spacial score (nSPS) is 12.0. The van der Waals surface area contributed by atoms with Gasteiger partial charge in [0.25, 0.3) is 0 Å². The minimum Gasteiger partial charge on any atom is -0.351 e. The first-order valence-electron chi connectivity index (χ1n) is 5.30. The number of nitrogens with one attached hydrogen (secondary N) is 2. The lowest BCUT2D eigenvalue weighted by atomic mass is 10.1. The van der Waals surface area contributed by atoms with Crippen molar-refractivity contribution < 1.29 is 18.0 Å². The van der Waals surface area contributed by atoms with E-state index in [-0.39, 0.29) is 17.9 Å². The maximum Gasteiger partial charge on any atom is 0.431 e. The molecule has 0 bridgehead atoms. The minimum atomic E-state index is -4.44. The Kier molecular flexibility index (Phi) is 3.13. The third kappa shape index (κ3) is 2.24. The fourth-order valence-corrected chi connectivity index (χ4v) is 1.81. The van der Waals surface area contributed by atoms with Crippen LogP contribution in [0.25, 0.3) is 10.9 Å². The number of alkyl halides is 3. The summed E-state index contributed by atoms with van der Waals surface area (Å²) in [6, 6.07) is 5.57. The molecular formula is C12H11F3N2O. The summed E-state index contributed by atoms with van der Waals surface area (Å²) >= 11 is 0. The van der Waals surface area contributed by atoms with E-state index in [4.69, 9.17) is 0 Å². The Labute approximate surface area is 101 Å². The Hall–Kier alpha value is -1.82. The van der Waals surface area contributed by atoms with Gasteiger partial charge in [-0.05, 0) is 19.2 Å². The first-order chi connectivity index (χ1) is 8.43. The lowest BCUT2D eigenvalue weighted by Gasteiger charge is -2.01. The summed E-state index contributed by atoms with van der Waals surface area (Å²) < 4.78 is 37.7. The number of carbonyl (C=O) groups excluding carboxylic acids is 1. The molecule has 2 rings (SSSR count). The van der Waals surface area contributed by atoms with Gasteiger partial charge in [0.2, 0.25) is 0 Å². The van der Waals surface area contributed by atoms with Crippen molar-refractivity contribution in [1.82, 2.24) is 10.3 Å². The van der Waals surface area contributed by atoms with Gasteiger partial charge in [0, 0.05) is 16.5 Å². The third-order valence-corrected chi connectivity index (χ3v) is 2.61. The maximum absolute atomic E-state index is 12.6. The molecule has 0 aliphatic heterocycles. The summed E-state index contributed by atoms with van der Waals surface area (Å²) in [4.78, 5) is 14.0. The van der Waals surface area contributed by atoms with Gasteiger partial charge in [-0.2, -0.15) is 13.2 Å². The standard InChI is InChI=1S/C12H11F3N2O/c1-16-6-10(18)7-3-2-4-9-8(7)5-11(17-9)12(13,14)15/h2-5,16-17H,6H2,1H3. The molecule has 0 saturated carbocycles. The Morgan fingerprint density at radius 1 is 1.39 bits per heavy atom. The molecule has 0 fully saturated rings. The molecule has 96 valence electrons. The second-order valence-corrected chi connectivity index (χ2v) is 3.90. The van der Waals surface area contributed by atoms with Crippen molar-refractivity contribution in [3.05, 3.63) is 35.5 Å². The van der Waals surface area contributed by atoms with Gasteiger partial charge in [-0.15, -0.1) is 0 Å². The lowest BCUT2D eigenvalue weighted by molar-refractivity contribution is -0.140. The second-order valence-electron chi connectivity index (χ2n) is 3.90. The van der Waals surface area contributed by atoms with Crippen LogP contribution in [0.15, 0.2) is 24.3 Å². The number of rotatable bonds is 3. The molecule has 1 aromatic heterocycles. The molecular weight excluding hydrogens is 245 g/mol. The fraction of sp³-hybridized carbons (Fsp3) is 0.250. The molecule has 0 saturated heterocycles. The van der Waals surface area contributed by atoms with Gasteiger partial charge in [-0.25, -0.2) is 0 Å². The van der Waals surface area contributed by atoms with E-state index in [1.807, 2.05) is 0 Å². The van der Waals surface area contributed by atoms with Crippen LogP contribution in [-0.4, -0.2) is 24.4 Å². The number of halogens is 3. The van der Waals surface area contributed by atoms with E-state index < -0.39 is 11.9 Å². The monoisotopic (exact) mass is 256 g/mol. The van der Waals surface area contributed by atoms with E-state index in [9.17, 15) is 18.0 Å². The molecule has 1 heterocycles. The number of benzene rings is 1. The number of hydrogen-bond donors (Lipinski definition) is 2. The van der Waals surface area contributed by atoms with Crippen LogP contribution in [0, 0.1) is 0 Å². The zero-order valence-electron chi connectivity index (χ0n) is 9.56. The molecule has 0 aliphatic carbocycles. The Morgan fingerprint density at radius 3 is 2.72 bits per heavy atom. The maximum atomic E-state index is 12.6. The zero-order chi connectivity index (χ0) is 13.3. The van der Waals surface area contributed by atoms with E-state index in [2.05, 4.69) is 10.3 Å². The number of aromatic nitrogens is 1. The van der Waals surface area contributed by atoms with Crippen molar-refractivity contribution in [2.24, 2.45) is 0 Å². The molecule has 6 heteroatoms.